The van der Waals surface area contributed by atoms with E-state index in [0.29, 0.717) is 35.3 Å². The van der Waals surface area contributed by atoms with E-state index in [4.69, 9.17) is 21.4 Å². The molecule has 0 aliphatic carbocycles. The summed E-state index contributed by atoms with van der Waals surface area (Å²) in [5, 5.41) is 9.08. The van der Waals surface area contributed by atoms with E-state index < -0.39 is 16.8 Å². The van der Waals surface area contributed by atoms with E-state index in [1.54, 1.807) is 24.3 Å². The number of hydrogen-bond donors (Lipinski definition) is 1. The molecule has 1 unspecified atom stereocenters. The van der Waals surface area contributed by atoms with Gasteiger partial charge in [0, 0.05) is 28.0 Å². The van der Waals surface area contributed by atoms with Gasteiger partial charge in [-0.15, -0.1) is 0 Å². The molecule has 0 saturated heterocycles. The number of aliphatic carboxylic acids is 1. The zero-order chi connectivity index (χ0) is 13.4. The Morgan fingerprint density at radius 2 is 1.94 bits per heavy atom. The molecule has 0 saturated carbocycles. The number of rotatable bonds is 8. The van der Waals surface area contributed by atoms with Gasteiger partial charge in [-0.3, -0.25) is 9.00 Å². The summed E-state index contributed by atoms with van der Waals surface area (Å²) in [7, 11) is -1.03. The van der Waals surface area contributed by atoms with Crippen LogP contribution in [-0.2, 0) is 15.6 Å². The molecule has 1 atom stereocenters. The maximum absolute atomic E-state index is 11.5. The lowest BCUT2D eigenvalue weighted by molar-refractivity contribution is -0.137. The smallest absolute Gasteiger partial charge is 0.303 e. The SMILES string of the molecule is O=C(O)CCCS(=O)CCOc1ccc(Cl)cc1. The first-order valence-corrected chi connectivity index (χ1v) is 7.39. The van der Waals surface area contributed by atoms with Crippen LogP contribution in [0.15, 0.2) is 24.3 Å². The zero-order valence-corrected chi connectivity index (χ0v) is 11.4. The van der Waals surface area contributed by atoms with Crippen molar-refractivity contribution in [3.05, 3.63) is 29.3 Å². The van der Waals surface area contributed by atoms with Crippen molar-refractivity contribution in [1.82, 2.24) is 0 Å². The number of hydrogen-bond acceptors (Lipinski definition) is 3. The Morgan fingerprint density at radius 1 is 1.28 bits per heavy atom. The van der Waals surface area contributed by atoms with E-state index >= 15 is 0 Å². The van der Waals surface area contributed by atoms with Crippen molar-refractivity contribution >= 4 is 28.4 Å². The van der Waals surface area contributed by atoms with Crippen molar-refractivity contribution in [1.29, 1.82) is 0 Å². The molecule has 0 aliphatic rings. The standard InChI is InChI=1S/C12H15ClO4S/c13-10-3-5-11(6-4-10)17-7-9-18(16)8-1-2-12(14)15/h3-6H,1-2,7-9H2,(H,14,15). The quantitative estimate of drug-likeness (QED) is 0.798. The van der Waals surface area contributed by atoms with E-state index in [-0.39, 0.29) is 6.42 Å². The third-order valence-electron chi connectivity index (χ3n) is 2.16. The number of carbonyl (C=O) groups is 1. The molecule has 0 fully saturated rings. The molecular weight excluding hydrogens is 276 g/mol. The van der Waals surface area contributed by atoms with E-state index in [1.165, 1.54) is 0 Å². The van der Waals surface area contributed by atoms with Gasteiger partial charge in [-0.25, -0.2) is 0 Å². The van der Waals surface area contributed by atoms with E-state index in [9.17, 15) is 9.00 Å². The van der Waals surface area contributed by atoms with Gasteiger partial charge in [-0.1, -0.05) is 11.6 Å². The van der Waals surface area contributed by atoms with Crippen LogP contribution in [0, 0.1) is 0 Å². The first-order chi connectivity index (χ1) is 8.58. The number of halogens is 1. The van der Waals surface area contributed by atoms with Crippen LogP contribution in [0.25, 0.3) is 0 Å². The third-order valence-corrected chi connectivity index (χ3v) is 3.77. The van der Waals surface area contributed by atoms with E-state index in [2.05, 4.69) is 0 Å². The maximum atomic E-state index is 11.5. The molecule has 0 amide bonds. The lowest BCUT2D eigenvalue weighted by atomic mass is 10.3. The molecule has 0 aliphatic heterocycles. The monoisotopic (exact) mass is 290 g/mol. The summed E-state index contributed by atoms with van der Waals surface area (Å²) >= 11 is 5.73. The van der Waals surface area contributed by atoms with Crippen molar-refractivity contribution in [2.75, 3.05) is 18.1 Å². The molecule has 1 N–H and O–H groups in total. The van der Waals surface area contributed by atoms with Crippen LogP contribution in [0.4, 0.5) is 0 Å². The lowest BCUT2D eigenvalue weighted by Gasteiger charge is -2.05. The van der Waals surface area contributed by atoms with Gasteiger partial charge in [0.25, 0.3) is 0 Å². The molecule has 0 heterocycles. The Hall–Kier alpha value is -1.07. The van der Waals surface area contributed by atoms with E-state index in [1.807, 2.05) is 0 Å². The van der Waals surface area contributed by atoms with Gasteiger partial charge in [-0.05, 0) is 30.7 Å². The lowest BCUT2D eigenvalue weighted by Crippen LogP contribution is -2.11. The maximum Gasteiger partial charge on any atom is 0.303 e. The van der Waals surface area contributed by atoms with Crippen LogP contribution in [0.2, 0.25) is 5.02 Å². The summed E-state index contributed by atoms with van der Waals surface area (Å²) in [5.74, 6) is 0.629. The Kier molecular flexibility index (Phi) is 6.75. The highest BCUT2D eigenvalue weighted by atomic mass is 35.5. The van der Waals surface area contributed by atoms with Crippen molar-refractivity contribution in [3.8, 4) is 5.75 Å². The molecule has 18 heavy (non-hydrogen) atoms. The first kappa shape index (κ1) is 15.0. The summed E-state index contributed by atoms with van der Waals surface area (Å²) in [6.07, 6.45) is 0.493. The summed E-state index contributed by atoms with van der Waals surface area (Å²) < 4.78 is 16.9. The van der Waals surface area contributed by atoms with E-state index in [0.717, 1.165) is 0 Å². The van der Waals surface area contributed by atoms with Crippen molar-refractivity contribution in [2.45, 2.75) is 12.8 Å². The predicted molar refractivity (Wildman–Crippen MR) is 71.7 cm³/mol. The van der Waals surface area contributed by atoms with Gasteiger partial charge in [-0.2, -0.15) is 0 Å². The highest BCUT2D eigenvalue weighted by Crippen LogP contribution is 2.15. The minimum atomic E-state index is -1.03. The normalized spacial score (nSPS) is 12.1. The van der Waals surface area contributed by atoms with Crippen LogP contribution >= 0.6 is 11.6 Å². The van der Waals surface area contributed by atoms with Gasteiger partial charge in [0.1, 0.15) is 5.75 Å². The van der Waals surface area contributed by atoms with Gasteiger partial charge in [0.05, 0.1) is 12.4 Å². The Morgan fingerprint density at radius 3 is 2.56 bits per heavy atom. The molecule has 1 rings (SSSR count). The number of ether oxygens (including phenoxy) is 1. The van der Waals surface area contributed by atoms with Crippen LogP contribution in [0.3, 0.4) is 0 Å². The molecule has 0 bridgehead atoms. The molecule has 6 heteroatoms. The molecule has 0 spiro atoms. The molecule has 0 aromatic heterocycles. The van der Waals surface area contributed by atoms with Gasteiger partial charge >= 0.3 is 5.97 Å². The molecule has 1 aromatic carbocycles. The summed E-state index contributed by atoms with van der Waals surface area (Å²) in [6.45, 7) is 0.349. The highest BCUT2D eigenvalue weighted by molar-refractivity contribution is 7.84. The van der Waals surface area contributed by atoms with Gasteiger partial charge in [0.2, 0.25) is 0 Å². The second-order valence-corrected chi connectivity index (χ2v) is 5.78. The van der Waals surface area contributed by atoms with Crippen LogP contribution in [-0.4, -0.2) is 33.4 Å². The third kappa shape index (κ3) is 6.61. The average molecular weight is 291 g/mol. The number of benzene rings is 1. The fourth-order valence-electron chi connectivity index (χ4n) is 1.27. The average Bonchev–Trinajstić information content (AvgIpc) is 2.31. The largest absolute Gasteiger partial charge is 0.493 e. The number of carboxylic acid groups (broad SMARTS) is 1. The highest BCUT2D eigenvalue weighted by Gasteiger charge is 2.03. The summed E-state index contributed by atoms with van der Waals surface area (Å²) in [5.41, 5.74) is 0. The van der Waals surface area contributed by atoms with Crippen molar-refractivity contribution in [3.63, 3.8) is 0 Å². The Bertz CT molecular complexity index is 405. The van der Waals surface area contributed by atoms with Crippen LogP contribution in [0.5, 0.6) is 5.75 Å². The Labute approximate surface area is 113 Å². The first-order valence-electron chi connectivity index (χ1n) is 5.53. The molecule has 0 radical (unpaired) electrons. The summed E-state index contributed by atoms with van der Waals surface area (Å²) in [4.78, 5) is 10.3. The second-order valence-electron chi connectivity index (χ2n) is 3.65. The fourth-order valence-corrected chi connectivity index (χ4v) is 2.34. The zero-order valence-electron chi connectivity index (χ0n) is 9.80. The second kappa shape index (κ2) is 8.11. The Balaban J connectivity index is 2.15. The van der Waals surface area contributed by atoms with Gasteiger partial charge < -0.3 is 9.84 Å². The fraction of sp³-hybridized carbons (Fsp3) is 0.417. The van der Waals surface area contributed by atoms with Gasteiger partial charge in [0.15, 0.2) is 0 Å². The van der Waals surface area contributed by atoms with Crippen LogP contribution in [0.1, 0.15) is 12.8 Å². The topological polar surface area (TPSA) is 63.6 Å². The van der Waals surface area contributed by atoms with Crippen LogP contribution < -0.4 is 4.74 Å². The molecule has 1 aromatic rings. The number of carboxylic acids is 1. The molecule has 100 valence electrons. The summed E-state index contributed by atoms with van der Waals surface area (Å²) in [6, 6.07) is 6.94. The molecular formula is C12H15ClO4S. The minimum Gasteiger partial charge on any atom is -0.493 e. The predicted octanol–water partition coefficient (Wildman–Crippen LogP) is 2.33. The molecule has 4 nitrogen and oxygen atoms in total. The minimum absolute atomic E-state index is 0.0593. The van der Waals surface area contributed by atoms with Crippen molar-refractivity contribution in [2.24, 2.45) is 0 Å². The van der Waals surface area contributed by atoms with Crippen molar-refractivity contribution < 1.29 is 18.8 Å².